The molecule has 2 rings (SSSR count). The van der Waals surface area contributed by atoms with E-state index in [-0.39, 0.29) is 5.78 Å². The lowest BCUT2D eigenvalue weighted by Gasteiger charge is -2.26. The van der Waals surface area contributed by atoms with Crippen LogP contribution >= 0.6 is 0 Å². The van der Waals surface area contributed by atoms with Crippen LogP contribution in [-0.2, 0) is 0 Å². The zero-order valence-corrected chi connectivity index (χ0v) is 8.32. The van der Waals surface area contributed by atoms with Gasteiger partial charge in [-0.05, 0) is 38.3 Å². The van der Waals surface area contributed by atoms with E-state index in [1.165, 1.54) is 6.42 Å². The van der Waals surface area contributed by atoms with E-state index in [0.29, 0.717) is 6.10 Å². The zero-order chi connectivity index (χ0) is 9.97. The van der Waals surface area contributed by atoms with E-state index in [1.54, 1.807) is 6.92 Å². The van der Waals surface area contributed by atoms with Gasteiger partial charge in [0.2, 0.25) is 0 Å². The van der Waals surface area contributed by atoms with Crippen molar-refractivity contribution >= 4 is 5.78 Å². The molecule has 0 unspecified atom stereocenters. The van der Waals surface area contributed by atoms with Gasteiger partial charge in [-0.15, -0.1) is 0 Å². The molecule has 0 radical (unpaired) electrons. The third kappa shape index (κ3) is 1.95. The summed E-state index contributed by atoms with van der Waals surface area (Å²) in [4.78, 5) is 11.1. The Labute approximate surface area is 83.9 Å². The molecule has 0 saturated heterocycles. The van der Waals surface area contributed by atoms with Gasteiger partial charge in [0.05, 0.1) is 6.10 Å². The zero-order valence-electron chi connectivity index (χ0n) is 8.32. The summed E-state index contributed by atoms with van der Waals surface area (Å²) in [5.74, 6) is 0.909. The van der Waals surface area contributed by atoms with Crippen molar-refractivity contribution in [2.24, 2.45) is 0 Å². The van der Waals surface area contributed by atoms with Crippen molar-refractivity contribution in [2.75, 3.05) is 0 Å². The second-order valence-corrected chi connectivity index (χ2v) is 3.75. The van der Waals surface area contributed by atoms with E-state index >= 15 is 0 Å². The van der Waals surface area contributed by atoms with Gasteiger partial charge in [0.25, 0.3) is 0 Å². The number of ether oxygens (including phenoxy) is 1. The monoisotopic (exact) mass is 190 g/mol. The maximum Gasteiger partial charge on any atom is 0.159 e. The highest BCUT2D eigenvalue weighted by atomic mass is 16.5. The van der Waals surface area contributed by atoms with Crippen molar-refractivity contribution in [3.05, 3.63) is 29.8 Å². The highest BCUT2D eigenvalue weighted by Gasteiger charge is 2.19. The largest absolute Gasteiger partial charge is 0.490 e. The Morgan fingerprint density at radius 3 is 2.79 bits per heavy atom. The molecule has 1 fully saturated rings. The Hall–Kier alpha value is -1.31. The average Bonchev–Trinajstić information content (AvgIpc) is 2.12. The van der Waals surface area contributed by atoms with Crippen LogP contribution in [0.2, 0.25) is 0 Å². The van der Waals surface area contributed by atoms with Gasteiger partial charge in [-0.25, -0.2) is 0 Å². The molecule has 74 valence electrons. The van der Waals surface area contributed by atoms with Crippen LogP contribution in [0.4, 0.5) is 0 Å². The predicted molar refractivity (Wildman–Crippen MR) is 54.7 cm³/mol. The second kappa shape index (κ2) is 3.82. The highest BCUT2D eigenvalue weighted by Crippen LogP contribution is 2.25. The SMILES string of the molecule is CC(=O)c1cccc(OC2CCC2)c1. The normalized spacial score (nSPS) is 16.1. The number of hydrogen-bond donors (Lipinski definition) is 0. The van der Waals surface area contributed by atoms with Crippen molar-refractivity contribution in [2.45, 2.75) is 32.3 Å². The molecular formula is C12H14O2. The van der Waals surface area contributed by atoms with Crippen molar-refractivity contribution in [3.8, 4) is 5.75 Å². The van der Waals surface area contributed by atoms with E-state index in [4.69, 9.17) is 4.74 Å². The summed E-state index contributed by atoms with van der Waals surface area (Å²) in [6.45, 7) is 1.57. The molecule has 2 heteroatoms. The summed E-state index contributed by atoms with van der Waals surface area (Å²) >= 11 is 0. The lowest BCUT2D eigenvalue weighted by molar-refractivity contribution is 0.101. The minimum Gasteiger partial charge on any atom is -0.490 e. The van der Waals surface area contributed by atoms with Crippen LogP contribution in [0.5, 0.6) is 5.75 Å². The van der Waals surface area contributed by atoms with Crippen LogP contribution in [0.3, 0.4) is 0 Å². The maximum absolute atomic E-state index is 11.1. The van der Waals surface area contributed by atoms with Gasteiger partial charge in [0.1, 0.15) is 5.75 Å². The molecule has 0 bridgehead atoms. The summed E-state index contributed by atoms with van der Waals surface area (Å²) in [6, 6.07) is 7.41. The van der Waals surface area contributed by atoms with Gasteiger partial charge in [-0.2, -0.15) is 0 Å². The molecule has 0 N–H and O–H groups in total. The van der Waals surface area contributed by atoms with E-state index in [0.717, 1.165) is 24.2 Å². The summed E-state index contributed by atoms with van der Waals surface area (Å²) in [5, 5.41) is 0. The third-order valence-corrected chi connectivity index (χ3v) is 2.60. The van der Waals surface area contributed by atoms with Gasteiger partial charge in [0, 0.05) is 5.56 Å². The number of carbonyl (C=O) groups excluding carboxylic acids is 1. The lowest BCUT2D eigenvalue weighted by atomic mass is 9.96. The van der Waals surface area contributed by atoms with Gasteiger partial charge in [-0.3, -0.25) is 4.79 Å². The van der Waals surface area contributed by atoms with Gasteiger partial charge in [0.15, 0.2) is 5.78 Å². The fraction of sp³-hybridized carbons (Fsp3) is 0.417. The molecule has 1 saturated carbocycles. The fourth-order valence-corrected chi connectivity index (χ4v) is 1.47. The molecule has 0 amide bonds. The molecule has 2 nitrogen and oxygen atoms in total. The van der Waals surface area contributed by atoms with Crippen molar-refractivity contribution < 1.29 is 9.53 Å². The Kier molecular flexibility index (Phi) is 2.53. The Morgan fingerprint density at radius 2 is 2.21 bits per heavy atom. The van der Waals surface area contributed by atoms with Crippen LogP contribution in [0.25, 0.3) is 0 Å². The molecule has 0 heterocycles. The number of rotatable bonds is 3. The van der Waals surface area contributed by atoms with E-state index < -0.39 is 0 Å². The van der Waals surface area contributed by atoms with Crippen molar-refractivity contribution in [3.63, 3.8) is 0 Å². The van der Waals surface area contributed by atoms with Gasteiger partial charge < -0.3 is 4.74 Å². The smallest absolute Gasteiger partial charge is 0.159 e. The van der Waals surface area contributed by atoms with Crippen molar-refractivity contribution in [1.82, 2.24) is 0 Å². The number of hydrogen-bond acceptors (Lipinski definition) is 2. The van der Waals surface area contributed by atoms with Gasteiger partial charge >= 0.3 is 0 Å². The van der Waals surface area contributed by atoms with Crippen LogP contribution < -0.4 is 4.74 Å². The molecule has 14 heavy (non-hydrogen) atoms. The Bertz CT molecular complexity index is 340. The molecule has 1 aliphatic rings. The molecule has 0 aliphatic heterocycles. The third-order valence-electron chi connectivity index (χ3n) is 2.60. The average molecular weight is 190 g/mol. The molecule has 1 aromatic carbocycles. The van der Waals surface area contributed by atoms with Crippen molar-refractivity contribution in [1.29, 1.82) is 0 Å². The first kappa shape index (κ1) is 9.25. The highest BCUT2D eigenvalue weighted by molar-refractivity contribution is 5.94. The molecule has 0 spiro atoms. The first-order chi connectivity index (χ1) is 6.75. The summed E-state index contributed by atoms with van der Waals surface area (Å²) in [7, 11) is 0. The second-order valence-electron chi connectivity index (χ2n) is 3.75. The van der Waals surface area contributed by atoms with E-state index in [1.807, 2.05) is 24.3 Å². The lowest BCUT2D eigenvalue weighted by Crippen LogP contribution is -2.24. The van der Waals surface area contributed by atoms with Crippen LogP contribution in [0.15, 0.2) is 24.3 Å². The predicted octanol–water partition coefficient (Wildman–Crippen LogP) is 2.82. The summed E-state index contributed by atoms with van der Waals surface area (Å²) < 4.78 is 5.69. The van der Waals surface area contributed by atoms with E-state index in [9.17, 15) is 4.79 Å². The van der Waals surface area contributed by atoms with E-state index in [2.05, 4.69) is 0 Å². The maximum atomic E-state index is 11.1. The number of benzene rings is 1. The molecule has 1 aromatic rings. The molecular weight excluding hydrogens is 176 g/mol. The minimum atomic E-state index is 0.0871. The molecule has 0 atom stereocenters. The Morgan fingerprint density at radius 1 is 1.43 bits per heavy atom. The number of ketones is 1. The first-order valence-corrected chi connectivity index (χ1v) is 5.03. The summed E-state index contributed by atoms with van der Waals surface area (Å²) in [6.07, 6.45) is 3.92. The van der Waals surface area contributed by atoms with Crippen LogP contribution in [0.1, 0.15) is 36.5 Å². The van der Waals surface area contributed by atoms with Crippen LogP contribution in [0, 0.1) is 0 Å². The fourth-order valence-electron chi connectivity index (χ4n) is 1.47. The standard InChI is InChI=1S/C12H14O2/c1-9(13)10-4-2-7-12(8-10)14-11-5-3-6-11/h2,4,7-8,11H,3,5-6H2,1H3. The quantitative estimate of drug-likeness (QED) is 0.685. The van der Waals surface area contributed by atoms with Gasteiger partial charge in [-0.1, -0.05) is 12.1 Å². The molecule has 0 aromatic heterocycles. The Balaban J connectivity index is 2.09. The molecule has 1 aliphatic carbocycles. The topological polar surface area (TPSA) is 26.3 Å². The summed E-state index contributed by atoms with van der Waals surface area (Å²) in [5.41, 5.74) is 0.724. The van der Waals surface area contributed by atoms with Crippen LogP contribution in [-0.4, -0.2) is 11.9 Å². The number of carbonyl (C=O) groups is 1. The first-order valence-electron chi connectivity index (χ1n) is 5.03. The number of Topliss-reactive ketones (excluding diaryl/α,β-unsaturated/α-hetero) is 1. The minimum absolute atomic E-state index is 0.0871.